The Kier molecular flexibility index (Phi) is 3.99. The van der Waals surface area contributed by atoms with Crippen molar-refractivity contribution >= 4 is 11.9 Å². The van der Waals surface area contributed by atoms with E-state index in [1.165, 1.54) is 24.7 Å². The molecule has 0 radical (unpaired) electrons. The molecule has 0 spiro atoms. The van der Waals surface area contributed by atoms with Crippen LogP contribution < -0.4 is 5.32 Å². The summed E-state index contributed by atoms with van der Waals surface area (Å²) >= 11 is 0. The highest BCUT2D eigenvalue weighted by Gasteiger charge is 2.08. The van der Waals surface area contributed by atoms with E-state index >= 15 is 0 Å². The number of hydrogen-bond donors (Lipinski definition) is 2. The number of carboxylic acid groups (broad SMARTS) is 1. The number of carboxylic acids is 1. The molecule has 0 saturated heterocycles. The maximum absolute atomic E-state index is 11.8. The third-order valence-corrected chi connectivity index (χ3v) is 2.51. The molecule has 2 aromatic rings. The van der Waals surface area contributed by atoms with E-state index in [-0.39, 0.29) is 23.8 Å². The highest BCUT2D eigenvalue weighted by molar-refractivity contribution is 5.91. The number of nitrogens with one attached hydrogen (secondary N) is 1. The minimum atomic E-state index is -1.09. The summed E-state index contributed by atoms with van der Waals surface area (Å²) in [6, 6.07) is 2.98. The third-order valence-electron chi connectivity index (χ3n) is 2.51. The van der Waals surface area contributed by atoms with Crippen LogP contribution in [0.2, 0.25) is 0 Å². The van der Waals surface area contributed by atoms with E-state index in [2.05, 4.69) is 20.3 Å². The Balaban J connectivity index is 1.96. The van der Waals surface area contributed by atoms with E-state index in [1.807, 2.05) is 0 Å². The lowest BCUT2D eigenvalue weighted by Crippen LogP contribution is -2.24. The monoisotopic (exact) mass is 272 g/mol. The number of hydrogen-bond acceptors (Lipinski definition) is 5. The van der Waals surface area contributed by atoms with Crippen molar-refractivity contribution in [3.05, 3.63) is 53.4 Å². The van der Waals surface area contributed by atoms with Crippen LogP contribution in [0.15, 0.2) is 30.7 Å². The molecule has 2 heterocycles. The largest absolute Gasteiger partial charge is 0.477 e. The van der Waals surface area contributed by atoms with Crippen LogP contribution >= 0.6 is 0 Å². The first kappa shape index (κ1) is 13.6. The number of rotatable bonds is 4. The van der Waals surface area contributed by atoms with E-state index in [9.17, 15) is 9.59 Å². The van der Waals surface area contributed by atoms with Gasteiger partial charge in [-0.05, 0) is 18.6 Å². The molecule has 102 valence electrons. The van der Waals surface area contributed by atoms with E-state index < -0.39 is 5.97 Å². The number of carbonyl (C=O) groups is 2. The van der Waals surface area contributed by atoms with Crippen LogP contribution in [-0.2, 0) is 6.54 Å². The summed E-state index contributed by atoms with van der Waals surface area (Å²) in [7, 11) is 0. The Bertz CT molecular complexity index is 623. The molecular weight excluding hydrogens is 260 g/mol. The molecule has 0 unspecified atom stereocenters. The molecule has 2 N–H and O–H groups in total. The summed E-state index contributed by atoms with van der Waals surface area (Å²) in [4.78, 5) is 34.1. The highest BCUT2D eigenvalue weighted by Crippen LogP contribution is 2.01. The molecule has 0 aliphatic carbocycles. The molecule has 1 amide bonds. The van der Waals surface area contributed by atoms with Crippen molar-refractivity contribution in [3.63, 3.8) is 0 Å². The SMILES string of the molecule is Cc1cnc(C(=O)NCc2ccc(C(=O)O)nc2)cn1. The van der Waals surface area contributed by atoms with Gasteiger partial charge in [-0.25, -0.2) is 14.8 Å². The zero-order valence-electron chi connectivity index (χ0n) is 10.7. The van der Waals surface area contributed by atoms with Gasteiger partial charge >= 0.3 is 5.97 Å². The Morgan fingerprint density at radius 3 is 2.40 bits per heavy atom. The van der Waals surface area contributed by atoms with Crippen LogP contribution in [0.3, 0.4) is 0 Å². The quantitative estimate of drug-likeness (QED) is 0.853. The number of aryl methyl sites for hydroxylation is 1. The molecule has 7 nitrogen and oxygen atoms in total. The maximum atomic E-state index is 11.8. The summed E-state index contributed by atoms with van der Waals surface area (Å²) in [6.07, 6.45) is 4.32. The van der Waals surface area contributed by atoms with Crippen molar-refractivity contribution in [3.8, 4) is 0 Å². The van der Waals surface area contributed by atoms with E-state index in [0.717, 1.165) is 5.69 Å². The Morgan fingerprint density at radius 1 is 1.10 bits per heavy atom. The topological polar surface area (TPSA) is 105 Å². The Hall–Kier alpha value is -2.83. The van der Waals surface area contributed by atoms with Gasteiger partial charge in [0.25, 0.3) is 5.91 Å². The Labute approximate surface area is 114 Å². The molecule has 0 bridgehead atoms. The molecule has 0 aliphatic heterocycles. The van der Waals surface area contributed by atoms with Gasteiger partial charge in [-0.2, -0.15) is 0 Å². The van der Waals surface area contributed by atoms with Gasteiger partial charge in [-0.15, -0.1) is 0 Å². The molecule has 20 heavy (non-hydrogen) atoms. The maximum Gasteiger partial charge on any atom is 0.354 e. The first-order chi connectivity index (χ1) is 9.56. The van der Waals surface area contributed by atoms with Crippen molar-refractivity contribution in [1.29, 1.82) is 0 Å². The zero-order valence-corrected chi connectivity index (χ0v) is 10.7. The van der Waals surface area contributed by atoms with Gasteiger partial charge in [0.1, 0.15) is 11.4 Å². The summed E-state index contributed by atoms with van der Waals surface area (Å²) in [5, 5.41) is 11.4. The molecule has 0 aromatic carbocycles. The molecule has 2 rings (SSSR count). The summed E-state index contributed by atoms with van der Waals surface area (Å²) in [6.45, 7) is 2.02. The van der Waals surface area contributed by atoms with Gasteiger partial charge in [-0.3, -0.25) is 9.78 Å². The number of amides is 1. The fourth-order valence-electron chi connectivity index (χ4n) is 1.44. The second-order valence-corrected chi connectivity index (χ2v) is 4.08. The van der Waals surface area contributed by atoms with E-state index in [1.54, 1.807) is 13.0 Å². The number of pyridine rings is 1. The zero-order chi connectivity index (χ0) is 14.5. The fraction of sp³-hybridized carbons (Fsp3) is 0.154. The van der Waals surface area contributed by atoms with Crippen molar-refractivity contribution in [1.82, 2.24) is 20.3 Å². The predicted molar refractivity (Wildman–Crippen MR) is 69.1 cm³/mol. The highest BCUT2D eigenvalue weighted by atomic mass is 16.4. The number of nitrogens with zero attached hydrogens (tertiary/aromatic N) is 3. The molecule has 7 heteroatoms. The van der Waals surface area contributed by atoms with Gasteiger partial charge < -0.3 is 10.4 Å². The second kappa shape index (κ2) is 5.87. The molecule has 2 aromatic heterocycles. The molecule has 0 fully saturated rings. The molecular formula is C13H12N4O3. The van der Waals surface area contributed by atoms with Crippen molar-refractivity contribution in [2.24, 2.45) is 0 Å². The number of carbonyl (C=O) groups excluding carboxylic acids is 1. The number of aromatic carboxylic acids is 1. The van der Waals surface area contributed by atoms with Gasteiger partial charge in [0.05, 0.1) is 11.9 Å². The van der Waals surface area contributed by atoms with Gasteiger partial charge in [0, 0.05) is 18.9 Å². The van der Waals surface area contributed by atoms with Crippen LogP contribution in [0, 0.1) is 6.92 Å². The first-order valence-electron chi connectivity index (χ1n) is 5.81. The van der Waals surface area contributed by atoms with Crippen molar-refractivity contribution < 1.29 is 14.7 Å². The van der Waals surface area contributed by atoms with Crippen LogP contribution in [-0.4, -0.2) is 31.9 Å². The standard InChI is InChI=1S/C13H12N4O3/c1-8-4-15-11(7-14-8)12(18)17-6-9-2-3-10(13(19)20)16-5-9/h2-5,7H,6H2,1H3,(H,17,18)(H,19,20). The lowest BCUT2D eigenvalue weighted by molar-refractivity contribution is 0.0690. The minimum Gasteiger partial charge on any atom is -0.477 e. The van der Waals surface area contributed by atoms with Crippen LogP contribution in [0.25, 0.3) is 0 Å². The van der Waals surface area contributed by atoms with Crippen LogP contribution in [0.5, 0.6) is 0 Å². The third kappa shape index (κ3) is 3.35. The van der Waals surface area contributed by atoms with Gasteiger partial charge in [0.2, 0.25) is 0 Å². The average molecular weight is 272 g/mol. The van der Waals surface area contributed by atoms with Crippen LogP contribution in [0.1, 0.15) is 32.2 Å². The average Bonchev–Trinajstić information content (AvgIpc) is 2.46. The van der Waals surface area contributed by atoms with E-state index in [4.69, 9.17) is 5.11 Å². The summed E-state index contributed by atoms with van der Waals surface area (Å²) < 4.78 is 0. The molecule has 0 saturated carbocycles. The van der Waals surface area contributed by atoms with Crippen molar-refractivity contribution in [2.75, 3.05) is 0 Å². The predicted octanol–water partition coefficient (Wildman–Crippen LogP) is 0.808. The van der Waals surface area contributed by atoms with E-state index in [0.29, 0.717) is 5.56 Å². The van der Waals surface area contributed by atoms with Crippen LogP contribution in [0.4, 0.5) is 0 Å². The number of aromatic nitrogens is 3. The normalized spacial score (nSPS) is 10.1. The van der Waals surface area contributed by atoms with Gasteiger partial charge in [-0.1, -0.05) is 6.07 Å². The van der Waals surface area contributed by atoms with Gasteiger partial charge in [0.15, 0.2) is 0 Å². The van der Waals surface area contributed by atoms with Crippen molar-refractivity contribution in [2.45, 2.75) is 13.5 Å². The molecule has 0 atom stereocenters. The summed E-state index contributed by atoms with van der Waals surface area (Å²) in [5.74, 6) is -1.43. The fourth-order valence-corrected chi connectivity index (χ4v) is 1.44. The Morgan fingerprint density at radius 2 is 1.85 bits per heavy atom. The lowest BCUT2D eigenvalue weighted by Gasteiger charge is -2.04. The summed E-state index contributed by atoms with van der Waals surface area (Å²) in [5.41, 5.74) is 1.62. The first-order valence-corrected chi connectivity index (χ1v) is 5.81. The smallest absolute Gasteiger partial charge is 0.354 e. The minimum absolute atomic E-state index is 0.0375. The second-order valence-electron chi connectivity index (χ2n) is 4.08. The lowest BCUT2D eigenvalue weighted by atomic mass is 10.2. The molecule has 0 aliphatic rings.